The number of nitrogens with zero attached hydrogens (tertiary/aromatic N) is 1. The molecule has 0 saturated heterocycles. The predicted molar refractivity (Wildman–Crippen MR) is 87.3 cm³/mol. The molecule has 19 heavy (non-hydrogen) atoms. The number of rotatable bonds is 7. The number of unbranched alkanes of at least 4 members (excludes halogenated alkanes) is 1. The third kappa shape index (κ3) is 4.20. The molecule has 1 aliphatic heterocycles. The summed E-state index contributed by atoms with van der Waals surface area (Å²) >= 11 is 7.16. The molecule has 0 aliphatic carbocycles. The molecule has 0 unspecified atom stereocenters. The molecule has 106 valence electrons. The van der Waals surface area contributed by atoms with E-state index >= 15 is 0 Å². The Bertz CT molecular complexity index is 423. The summed E-state index contributed by atoms with van der Waals surface area (Å²) in [4.78, 5) is 2.50. The Morgan fingerprint density at radius 1 is 1.32 bits per heavy atom. The van der Waals surface area contributed by atoms with E-state index in [9.17, 15) is 0 Å². The fraction of sp³-hybridized carbons (Fsp3) is 0.600. The van der Waals surface area contributed by atoms with Crippen LogP contribution >= 0.6 is 31.9 Å². The van der Waals surface area contributed by atoms with Gasteiger partial charge in [-0.1, -0.05) is 45.2 Å². The second-order valence-electron chi connectivity index (χ2n) is 4.97. The highest BCUT2D eigenvalue weighted by Gasteiger charge is 2.18. The van der Waals surface area contributed by atoms with Crippen LogP contribution in [-0.4, -0.2) is 29.9 Å². The maximum atomic E-state index is 5.81. The third-order valence-corrected chi connectivity index (χ3v) is 4.26. The minimum absolute atomic E-state index is 0.826. The van der Waals surface area contributed by atoms with Crippen LogP contribution in [0.3, 0.4) is 0 Å². The third-order valence-electron chi connectivity index (χ3n) is 3.45. The molecule has 0 aromatic heterocycles. The Morgan fingerprint density at radius 3 is 2.89 bits per heavy atom. The Labute approximate surface area is 132 Å². The highest BCUT2D eigenvalue weighted by molar-refractivity contribution is 9.10. The van der Waals surface area contributed by atoms with E-state index in [2.05, 4.69) is 55.8 Å². The zero-order valence-electron chi connectivity index (χ0n) is 11.4. The number of hydrogen-bond acceptors (Lipinski definition) is 2. The van der Waals surface area contributed by atoms with Gasteiger partial charge in [0, 0.05) is 34.9 Å². The molecular weight excluding hydrogens is 370 g/mol. The normalized spacial score (nSPS) is 13.7. The lowest BCUT2D eigenvalue weighted by molar-refractivity contribution is 0.271. The van der Waals surface area contributed by atoms with Gasteiger partial charge in [-0.2, -0.15) is 0 Å². The molecule has 0 atom stereocenters. The highest BCUT2D eigenvalue weighted by atomic mass is 79.9. The average Bonchev–Trinajstić information content (AvgIpc) is 2.84. The van der Waals surface area contributed by atoms with E-state index in [1.165, 1.54) is 28.4 Å². The molecule has 0 spiro atoms. The summed E-state index contributed by atoms with van der Waals surface area (Å²) in [6.45, 7) is 6.29. The largest absolute Gasteiger partial charge is 0.493 e. The average molecular weight is 391 g/mol. The zero-order chi connectivity index (χ0) is 13.7. The molecular formula is C15H21Br2NO. The van der Waals surface area contributed by atoms with Crippen molar-refractivity contribution in [3.63, 3.8) is 0 Å². The van der Waals surface area contributed by atoms with Gasteiger partial charge in [-0.15, -0.1) is 0 Å². The monoisotopic (exact) mass is 389 g/mol. The van der Waals surface area contributed by atoms with Crippen LogP contribution < -0.4 is 4.74 Å². The van der Waals surface area contributed by atoms with E-state index in [1.807, 2.05) is 0 Å². The summed E-state index contributed by atoms with van der Waals surface area (Å²) < 4.78 is 6.98. The molecule has 0 saturated carbocycles. The standard InChI is InChI=1S/C15H21Br2NO/c1-2-3-6-18(7-5-16)11-13-10-14(17)9-12-4-8-19-15(12)13/h9-10H,2-8,11H2,1H3. The lowest BCUT2D eigenvalue weighted by Crippen LogP contribution is -2.26. The van der Waals surface area contributed by atoms with Crippen molar-refractivity contribution in [3.05, 3.63) is 27.7 Å². The fourth-order valence-electron chi connectivity index (χ4n) is 2.48. The van der Waals surface area contributed by atoms with Crippen LogP contribution in [-0.2, 0) is 13.0 Å². The van der Waals surface area contributed by atoms with Crippen molar-refractivity contribution in [1.82, 2.24) is 4.90 Å². The zero-order valence-corrected chi connectivity index (χ0v) is 14.6. The van der Waals surface area contributed by atoms with Crippen LogP contribution in [0.4, 0.5) is 0 Å². The van der Waals surface area contributed by atoms with Gasteiger partial charge in [-0.05, 0) is 30.7 Å². The van der Waals surface area contributed by atoms with Gasteiger partial charge in [-0.25, -0.2) is 0 Å². The Kier molecular flexibility index (Phi) is 6.17. The number of halogens is 2. The summed E-state index contributed by atoms with van der Waals surface area (Å²) in [7, 11) is 0. The first kappa shape index (κ1) is 15.3. The maximum Gasteiger partial charge on any atom is 0.127 e. The second kappa shape index (κ2) is 7.65. The lowest BCUT2D eigenvalue weighted by atomic mass is 10.1. The van der Waals surface area contributed by atoms with Gasteiger partial charge in [0.25, 0.3) is 0 Å². The first-order chi connectivity index (χ1) is 9.24. The van der Waals surface area contributed by atoms with E-state index in [-0.39, 0.29) is 0 Å². The van der Waals surface area contributed by atoms with Gasteiger partial charge in [0.2, 0.25) is 0 Å². The smallest absolute Gasteiger partial charge is 0.127 e. The van der Waals surface area contributed by atoms with E-state index < -0.39 is 0 Å². The maximum absolute atomic E-state index is 5.81. The molecule has 0 fully saturated rings. The summed E-state index contributed by atoms with van der Waals surface area (Å²) in [6, 6.07) is 4.39. The van der Waals surface area contributed by atoms with E-state index in [1.54, 1.807) is 0 Å². The second-order valence-corrected chi connectivity index (χ2v) is 6.68. The van der Waals surface area contributed by atoms with Crippen molar-refractivity contribution in [2.24, 2.45) is 0 Å². The van der Waals surface area contributed by atoms with Crippen molar-refractivity contribution in [2.45, 2.75) is 32.7 Å². The number of hydrogen-bond donors (Lipinski definition) is 0. The molecule has 0 bridgehead atoms. The van der Waals surface area contributed by atoms with E-state index in [0.29, 0.717) is 0 Å². The number of fused-ring (bicyclic) bond motifs is 1. The van der Waals surface area contributed by atoms with Crippen molar-refractivity contribution in [2.75, 3.05) is 25.0 Å². The summed E-state index contributed by atoms with van der Waals surface area (Å²) in [5.41, 5.74) is 2.66. The molecule has 1 aromatic rings. The SMILES string of the molecule is CCCCN(CCBr)Cc1cc(Br)cc2c1OCC2. The van der Waals surface area contributed by atoms with Crippen molar-refractivity contribution < 1.29 is 4.74 Å². The van der Waals surface area contributed by atoms with Gasteiger partial charge in [-0.3, -0.25) is 4.90 Å². The Balaban J connectivity index is 2.12. The molecule has 2 rings (SSSR count). The Morgan fingerprint density at radius 2 is 2.16 bits per heavy atom. The van der Waals surface area contributed by atoms with Crippen LogP contribution in [0.5, 0.6) is 5.75 Å². The van der Waals surface area contributed by atoms with Crippen molar-refractivity contribution >= 4 is 31.9 Å². The van der Waals surface area contributed by atoms with E-state index in [0.717, 1.165) is 43.7 Å². The fourth-order valence-corrected chi connectivity index (χ4v) is 3.53. The molecule has 0 amide bonds. The molecule has 2 nitrogen and oxygen atoms in total. The summed E-state index contributed by atoms with van der Waals surface area (Å²) in [6.07, 6.45) is 3.53. The van der Waals surface area contributed by atoms with Crippen LogP contribution in [0.15, 0.2) is 16.6 Å². The molecule has 1 aliphatic rings. The number of benzene rings is 1. The minimum Gasteiger partial charge on any atom is -0.493 e. The quantitative estimate of drug-likeness (QED) is 0.640. The number of alkyl halides is 1. The van der Waals surface area contributed by atoms with Gasteiger partial charge < -0.3 is 4.74 Å². The van der Waals surface area contributed by atoms with Gasteiger partial charge >= 0.3 is 0 Å². The summed E-state index contributed by atoms with van der Waals surface area (Å²) in [5.74, 6) is 1.12. The van der Waals surface area contributed by atoms with Crippen molar-refractivity contribution in [3.8, 4) is 5.75 Å². The van der Waals surface area contributed by atoms with Gasteiger partial charge in [0.15, 0.2) is 0 Å². The summed E-state index contributed by atoms with van der Waals surface area (Å²) in [5, 5.41) is 1.02. The first-order valence-electron chi connectivity index (χ1n) is 6.97. The van der Waals surface area contributed by atoms with Crippen molar-refractivity contribution in [1.29, 1.82) is 0 Å². The van der Waals surface area contributed by atoms with E-state index in [4.69, 9.17) is 4.74 Å². The molecule has 1 aromatic carbocycles. The molecule has 0 radical (unpaired) electrons. The topological polar surface area (TPSA) is 12.5 Å². The Hall–Kier alpha value is -0.0600. The minimum atomic E-state index is 0.826. The van der Waals surface area contributed by atoms with Crippen LogP contribution in [0, 0.1) is 0 Å². The lowest BCUT2D eigenvalue weighted by Gasteiger charge is -2.22. The van der Waals surface area contributed by atoms with Crippen LogP contribution in [0.25, 0.3) is 0 Å². The highest BCUT2D eigenvalue weighted by Crippen LogP contribution is 2.33. The van der Waals surface area contributed by atoms with Crippen LogP contribution in [0.2, 0.25) is 0 Å². The molecule has 1 heterocycles. The first-order valence-corrected chi connectivity index (χ1v) is 8.88. The molecule has 0 N–H and O–H groups in total. The number of ether oxygens (including phenoxy) is 1. The van der Waals surface area contributed by atoms with Gasteiger partial charge in [0.05, 0.1) is 6.61 Å². The molecule has 4 heteroatoms. The predicted octanol–water partition coefficient (Wildman–Crippen LogP) is 4.38. The van der Waals surface area contributed by atoms with Crippen LogP contribution in [0.1, 0.15) is 30.9 Å². The van der Waals surface area contributed by atoms with Gasteiger partial charge in [0.1, 0.15) is 5.75 Å².